The third-order valence-corrected chi connectivity index (χ3v) is 3.42. The zero-order valence-electron chi connectivity index (χ0n) is 10.5. The van der Waals surface area contributed by atoms with E-state index in [4.69, 9.17) is 22.1 Å². The number of rotatable bonds is 2. The number of nitrogens with one attached hydrogen (secondary N) is 1. The number of ether oxygens (including phenoxy) is 1. The Morgan fingerprint density at radius 2 is 2.30 bits per heavy atom. The summed E-state index contributed by atoms with van der Waals surface area (Å²) in [5.41, 5.74) is 7.12. The molecule has 5 nitrogen and oxygen atoms in total. The van der Waals surface area contributed by atoms with Crippen LogP contribution in [-0.4, -0.2) is 17.4 Å². The molecule has 20 heavy (non-hydrogen) atoms. The van der Waals surface area contributed by atoms with Crippen LogP contribution >= 0.6 is 11.6 Å². The van der Waals surface area contributed by atoms with Crippen molar-refractivity contribution in [1.82, 2.24) is 4.98 Å². The van der Waals surface area contributed by atoms with Gasteiger partial charge in [0.25, 0.3) is 0 Å². The maximum absolute atomic E-state index is 11.1. The Labute approximate surface area is 120 Å². The molecule has 1 aromatic heterocycles. The summed E-state index contributed by atoms with van der Waals surface area (Å²) in [7, 11) is 0. The lowest BCUT2D eigenvalue weighted by atomic mass is 10.1. The summed E-state index contributed by atoms with van der Waals surface area (Å²) in [6.45, 7) is 0.520. The topological polar surface area (TPSA) is 77.2 Å². The van der Waals surface area contributed by atoms with Gasteiger partial charge in [-0.15, -0.1) is 0 Å². The van der Waals surface area contributed by atoms with Crippen molar-refractivity contribution in [3.63, 3.8) is 0 Å². The second-order valence-corrected chi connectivity index (χ2v) is 4.84. The molecule has 3 rings (SSSR count). The number of benzene rings is 1. The van der Waals surface area contributed by atoms with Crippen LogP contribution in [0.25, 0.3) is 0 Å². The number of nitrogens with two attached hydrogens (primary N) is 1. The number of anilines is 1. The van der Waals surface area contributed by atoms with Gasteiger partial charge in [0.15, 0.2) is 6.10 Å². The molecule has 1 atom stereocenters. The predicted molar refractivity (Wildman–Crippen MR) is 76.1 cm³/mol. The van der Waals surface area contributed by atoms with Crippen molar-refractivity contribution in [3.8, 4) is 5.75 Å². The smallest absolute Gasteiger partial charge is 0.248 e. The van der Waals surface area contributed by atoms with E-state index in [-0.39, 0.29) is 6.10 Å². The average molecular weight is 290 g/mol. The molecule has 2 aromatic rings. The number of hydrogen-bond donors (Lipinski definition) is 2. The third kappa shape index (κ3) is 2.28. The standard InChI is InChI=1S/C14H12ClN3O2/c15-9-2-1-5-17-13(9)12-7-18-10-6-8(14(16)19)3-4-11(10)20-12/h1-6,12,18H,7H2,(H2,16,19). The quantitative estimate of drug-likeness (QED) is 0.890. The number of pyridine rings is 1. The lowest BCUT2D eigenvalue weighted by Gasteiger charge is -2.27. The van der Waals surface area contributed by atoms with Gasteiger partial charge in [-0.2, -0.15) is 0 Å². The van der Waals surface area contributed by atoms with Crippen molar-refractivity contribution >= 4 is 23.2 Å². The highest BCUT2D eigenvalue weighted by Crippen LogP contribution is 2.35. The number of halogens is 1. The number of carbonyl (C=O) groups is 1. The Morgan fingerprint density at radius 3 is 3.05 bits per heavy atom. The normalized spacial score (nSPS) is 16.8. The van der Waals surface area contributed by atoms with Crippen LogP contribution in [0.15, 0.2) is 36.5 Å². The second kappa shape index (κ2) is 5.02. The summed E-state index contributed by atoms with van der Waals surface area (Å²) in [6, 6.07) is 8.57. The van der Waals surface area contributed by atoms with Gasteiger partial charge >= 0.3 is 0 Å². The highest BCUT2D eigenvalue weighted by Gasteiger charge is 2.24. The minimum atomic E-state index is -0.468. The van der Waals surface area contributed by atoms with E-state index in [1.807, 2.05) is 0 Å². The minimum absolute atomic E-state index is 0.268. The summed E-state index contributed by atoms with van der Waals surface area (Å²) >= 11 is 6.12. The van der Waals surface area contributed by atoms with Gasteiger partial charge < -0.3 is 15.8 Å². The molecule has 6 heteroatoms. The highest BCUT2D eigenvalue weighted by molar-refractivity contribution is 6.31. The van der Waals surface area contributed by atoms with Gasteiger partial charge in [0.2, 0.25) is 5.91 Å². The molecule has 1 amide bonds. The van der Waals surface area contributed by atoms with E-state index in [2.05, 4.69) is 10.3 Å². The van der Waals surface area contributed by atoms with Crippen molar-refractivity contribution in [2.24, 2.45) is 5.73 Å². The molecule has 3 N–H and O–H groups in total. The highest BCUT2D eigenvalue weighted by atomic mass is 35.5. The SMILES string of the molecule is NC(=O)c1ccc2c(c1)NCC(c1ncccc1Cl)O2. The maximum Gasteiger partial charge on any atom is 0.248 e. The summed E-state index contributed by atoms with van der Waals surface area (Å²) < 4.78 is 5.87. The molecular formula is C14H12ClN3O2. The molecular weight excluding hydrogens is 278 g/mol. The molecule has 0 saturated heterocycles. The first-order chi connectivity index (χ1) is 9.65. The number of carbonyl (C=O) groups excluding carboxylic acids is 1. The zero-order valence-corrected chi connectivity index (χ0v) is 11.2. The fraction of sp³-hybridized carbons (Fsp3) is 0.143. The lowest BCUT2D eigenvalue weighted by molar-refractivity contribution is 0.1000. The van der Waals surface area contributed by atoms with Crippen molar-refractivity contribution < 1.29 is 9.53 Å². The van der Waals surface area contributed by atoms with Gasteiger partial charge in [0, 0.05) is 11.8 Å². The molecule has 0 radical (unpaired) electrons. The molecule has 1 unspecified atom stereocenters. The van der Waals surface area contributed by atoms with Gasteiger partial charge in [-0.1, -0.05) is 11.6 Å². The van der Waals surface area contributed by atoms with Gasteiger partial charge in [0.1, 0.15) is 11.4 Å². The largest absolute Gasteiger partial charge is 0.480 e. The van der Waals surface area contributed by atoms with Crippen LogP contribution < -0.4 is 15.8 Å². The Bertz CT molecular complexity index is 675. The average Bonchev–Trinajstić information content (AvgIpc) is 2.46. The van der Waals surface area contributed by atoms with Crippen LogP contribution in [0.1, 0.15) is 22.2 Å². The monoisotopic (exact) mass is 289 g/mol. The molecule has 1 aromatic carbocycles. The van der Waals surface area contributed by atoms with Crippen LogP contribution in [-0.2, 0) is 0 Å². The van der Waals surface area contributed by atoms with Crippen LogP contribution in [0, 0.1) is 0 Å². The van der Waals surface area contributed by atoms with E-state index < -0.39 is 5.91 Å². The first-order valence-electron chi connectivity index (χ1n) is 6.10. The molecule has 0 saturated carbocycles. The van der Waals surface area contributed by atoms with E-state index in [1.54, 1.807) is 36.5 Å². The molecule has 0 spiro atoms. The van der Waals surface area contributed by atoms with E-state index in [1.165, 1.54) is 0 Å². The zero-order chi connectivity index (χ0) is 14.1. The second-order valence-electron chi connectivity index (χ2n) is 4.43. The van der Waals surface area contributed by atoms with Crippen molar-refractivity contribution in [2.45, 2.75) is 6.10 Å². The Morgan fingerprint density at radius 1 is 1.45 bits per heavy atom. The van der Waals surface area contributed by atoms with Gasteiger partial charge in [-0.05, 0) is 30.3 Å². The molecule has 102 valence electrons. The van der Waals surface area contributed by atoms with Crippen LogP contribution in [0.3, 0.4) is 0 Å². The van der Waals surface area contributed by atoms with E-state index in [9.17, 15) is 4.79 Å². The van der Waals surface area contributed by atoms with E-state index in [0.717, 1.165) is 5.69 Å². The number of nitrogens with zero attached hydrogens (tertiary/aromatic N) is 1. The van der Waals surface area contributed by atoms with Crippen LogP contribution in [0.5, 0.6) is 5.75 Å². The predicted octanol–water partition coefficient (Wildman–Crippen LogP) is 2.38. The fourth-order valence-electron chi connectivity index (χ4n) is 2.11. The van der Waals surface area contributed by atoms with Gasteiger partial charge in [0.05, 0.1) is 17.3 Å². The molecule has 1 aliphatic heterocycles. The molecule has 0 aliphatic carbocycles. The van der Waals surface area contributed by atoms with E-state index >= 15 is 0 Å². The Balaban J connectivity index is 1.90. The maximum atomic E-state index is 11.1. The van der Waals surface area contributed by atoms with Gasteiger partial charge in [-0.3, -0.25) is 9.78 Å². The molecule has 1 aliphatic rings. The number of amides is 1. The lowest BCUT2D eigenvalue weighted by Crippen LogP contribution is -2.25. The first kappa shape index (κ1) is 12.7. The fourth-order valence-corrected chi connectivity index (χ4v) is 2.35. The number of fused-ring (bicyclic) bond motifs is 1. The summed E-state index contributed by atoms with van der Waals surface area (Å²) in [6.07, 6.45) is 1.41. The minimum Gasteiger partial charge on any atom is -0.480 e. The van der Waals surface area contributed by atoms with Crippen molar-refractivity contribution in [2.75, 3.05) is 11.9 Å². The number of aromatic nitrogens is 1. The van der Waals surface area contributed by atoms with E-state index in [0.29, 0.717) is 28.6 Å². The van der Waals surface area contributed by atoms with Gasteiger partial charge in [-0.25, -0.2) is 0 Å². The molecule has 2 heterocycles. The third-order valence-electron chi connectivity index (χ3n) is 3.10. The molecule has 0 fully saturated rings. The Kier molecular flexibility index (Phi) is 3.20. The summed E-state index contributed by atoms with van der Waals surface area (Å²) in [4.78, 5) is 15.4. The summed E-state index contributed by atoms with van der Waals surface area (Å²) in [5, 5.41) is 3.77. The van der Waals surface area contributed by atoms with Crippen molar-refractivity contribution in [3.05, 3.63) is 52.8 Å². The first-order valence-corrected chi connectivity index (χ1v) is 6.48. The van der Waals surface area contributed by atoms with Crippen molar-refractivity contribution in [1.29, 1.82) is 0 Å². The van der Waals surface area contributed by atoms with Crippen LogP contribution in [0.2, 0.25) is 5.02 Å². The summed E-state index contributed by atoms with van der Waals surface area (Å²) in [5.74, 6) is 0.178. The number of primary amides is 1. The number of hydrogen-bond acceptors (Lipinski definition) is 4. The van der Waals surface area contributed by atoms with Crippen LogP contribution in [0.4, 0.5) is 5.69 Å². The Hall–Kier alpha value is -2.27. The molecule has 0 bridgehead atoms.